The van der Waals surface area contributed by atoms with Crippen LogP contribution < -0.4 is 5.32 Å². The number of carbonyl (C=O) groups is 1. The third kappa shape index (κ3) is 5.02. The lowest BCUT2D eigenvalue weighted by Crippen LogP contribution is -2.25. The molecule has 27 heavy (non-hydrogen) atoms. The van der Waals surface area contributed by atoms with Gasteiger partial charge in [0.05, 0.1) is 10.5 Å². The number of carbonyl (C=O) groups excluding carboxylic acids is 1. The van der Waals surface area contributed by atoms with E-state index in [-0.39, 0.29) is 5.91 Å². The summed E-state index contributed by atoms with van der Waals surface area (Å²) in [7, 11) is 0. The minimum atomic E-state index is -0.120. The van der Waals surface area contributed by atoms with Crippen molar-refractivity contribution < 1.29 is 4.79 Å². The molecular weight excluding hydrogens is 358 g/mol. The zero-order chi connectivity index (χ0) is 19.2. The van der Waals surface area contributed by atoms with Crippen molar-refractivity contribution in [3.8, 4) is 0 Å². The fourth-order valence-electron chi connectivity index (χ4n) is 2.77. The molecule has 0 saturated carbocycles. The van der Waals surface area contributed by atoms with Crippen LogP contribution in [0.3, 0.4) is 0 Å². The third-order valence-corrected chi connectivity index (χ3v) is 4.31. The molecule has 1 aromatic carbocycles. The van der Waals surface area contributed by atoms with Crippen LogP contribution >= 0.6 is 11.6 Å². The third-order valence-electron chi connectivity index (χ3n) is 4.11. The maximum Gasteiger partial charge on any atom is 0.251 e. The van der Waals surface area contributed by atoms with Crippen LogP contribution in [0.1, 0.15) is 28.5 Å². The van der Waals surface area contributed by atoms with Gasteiger partial charge >= 0.3 is 0 Å². The van der Waals surface area contributed by atoms with Crippen molar-refractivity contribution in [3.63, 3.8) is 0 Å². The predicted molar refractivity (Wildman–Crippen MR) is 110 cm³/mol. The van der Waals surface area contributed by atoms with E-state index in [2.05, 4.69) is 21.9 Å². The van der Waals surface area contributed by atoms with Gasteiger partial charge in [0.15, 0.2) is 0 Å². The van der Waals surface area contributed by atoms with Crippen LogP contribution in [0.15, 0.2) is 73.1 Å². The SMILES string of the molecule is C=C/C=C(\C)CNC(=O)c1ccnc(Cc2ccc3ncc(Cl)cc3c2)c1. The monoisotopic (exact) mass is 377 g/mol. The average Bonchev–Trinajstić information content (AvgIpc) is 2.66. The molecule has 0 saturated heterocycles. The summed E-state index contributed by atoms with van der Waals surface area (Å²) >= 11 is 6.03. The van der Waals surface area contributed by atoms with Gasteiger partial charge in [0.2, 0.25) is 0 Å². The van der Waals surface area contributed by atoms with Crippen LogP contribution in [0, 0.1) is 0 Å². The zero-order valence-corrected chi connectivity index (χ0v) is 15.8. The number of amides is 1. The summed E-state index contributed by atoms with van der Waals surface area (Å²) in [5.74, 6) is -0.120. The average molecular weight is 378 g/mol. The van der Waals surface area contributed by atoms with E-state index < -0.39 is 0 Å². The van der Waals surface area contributed by atoms with E-state index in [4.69, 9.17) is 11.6 Å². The number of nitrogens with one attached hydrogen (secondary N) is 1. The Bertz CT molecular complexity index is 1030. The molecule has 2 aromatic heterocycles. The summed E-state index contributed by atoms with van der Waals surface area (Å²) in [4.78, 5) is 21.1. The number of fused-ring (bicyclic) bond motifs is 1. The first kappa shape index (κ1) is 18.8. The first-order valence-corrected chi connectivity index (χ1v) is 8.98. The Labute approximate surface area is 163 Å². The summed E-state index contributed by atoms with van der Waals surface area (Å²) in [6.45, 7) is 6.08. The topological polar surface area (TPSA) is 54.9 Å². The Hall–Kier alpha value is -2.98. The molecule has 1 N–H and O–H groups in total. The van der Waals surface area contributed by atoms with Gasteiger partial charge in [0.25, 0.3) is 5.91 Å². The first-order chi connectivity index (χ1) is 13.0. The zero-order valence-electron chi connectivity index (χ0n) is 15.1. The Kier molecular flexibility index (Phi) is 5.99. The lowest BCUT2D eigenvalue weighted by atomic mass is 10.0. The van der Waals surface area contributed by atoms with Gasteiger partial charge in [-0.2, -0.15) is 0 Å². The van der Waals surface area contributed by atoms with Crippen LogP contribution in [0.5, 0.6) is 0 Å². The number of hydrogen-bond acceptors (Lipinski definition) is 3. The van der Waals surface area contributed by atoms with Gasteiger partial charge in [-0.1, -0.05) is 42.0 Å². The van der Waals surface area contributed by atoms with Gasteiger partial charge in [0, 0.05) is 42.0 Å². The van der Waals surface area contributed by atoms with Crippen LogP contribution in [0.25, 0.3) is 10.9 Å². The molecule has 0 unspecified atom stereocenters. The minimum Gasteiger partial charge on any atom is -0.348 e. The highest BCUT2D eigenvalue weighted by Crippen LogP contribution is 2.19. The molecule has 3 rings (SSSR count). The van der Waals surface area contributed by atoms with Crippen LogP contribution in [-0.2, 0) is 6.42 Å². The molecular formula is C22H20ClN3O. The molecule has 0 bridgehead atoms. The second-order valence-electron chi connectivity index (χ2n) is 6.32. The van der Waals surface area contributed by atoms with E-state index in [0.717, 1.165) is 27.7 Å². The highest BCUT2D eigenvalue weighted by atomic mass is 35.5. The first-order valence-electron chi connectivity index (χ1n) is 8.60. The fourth-order valence-corrected chi connectivity index (χ4v) is 2.94. The number of benzene rings is 1. The molecule has 0 aliphatic carbocycles. The maximum absolute atomic E-state index is 12.4. The molecule has 4 nitrogen and oxygen atoms in total. The number of aromatic nitrogens is 2. The van der Waals surface area contributed by atoms with Crippen molar-refractivity contribution in [3.05, 3.63) is 94.9 Å². The predicted octanol–water partition coefficient (Wildman–Crippen LogP) is 4.74. The van der Waals surface area contributed by atoms with E-state index >= 15 is 0 Å². The highest BCUT2D eigenvalue weighted by Gasteiger charge is 2.08. The van der Waals surface area contributed by atoms with E-state index in [1.165, 1.54) is 0 Å². The molecule has 1 amide bonds. The van der Waals surface area contributed by atoms with Gasteiger partial charge in [-0.05, 0) is 42.8 Å². The van der Waals surface area contributed by atoms with Gasteiger partial charge < -0.3 is 5.32 Å². The second kappa shape index (κ2) is 8.60. The summed E-state index contributed by atoms with van der Waals surface area (Å²) in [6.07, 6.45) is 7.51. The van der Waals surface area contributed by atoms with Crippen LogP contribution in [0.4, 0.5) is 0 Å². The van der Waals surface area contributed by atoms with Gasteiger partial charge in [0.1, 0.15) is 0 Å². The Morgan fingerprint density at radius 1 is 1.22 bits per heavy atom. The van der Waals surface area contributed by atoms with Gasteiger partial charge in [-0.15, -0.1) is 0 Å². The standard InChI is InChI=1S/C22H20ClN3O/c1-3-4-15(2)13-26-22(27)17-7-8-24-20(12-17)10-16-5-6-21-18(9-16)11-19(23)14-25-21/h3-9,11-12,14H,1,10,13H2,2H3,(H,26,27)/b15-4+. The molecule has 0 fully saturated rings. The molecule has 0 radical (unpaired) electrons. The molecule has 0 spiro atoms. The quantitative estimate of drug-likeness (QED) is 0.631. The number of hydrogen-bond donors (Lipinski definition) is 1. The molecule has 0 atom stereocenters. The smallest absolute Gasteiger partial charge is 0.251 e. The van der Waals surface area contributed by atoms with Crippen molar-refractivity contribution in [2.45, 2.75) is 13.3 Å². The molecule has 5 heteroatoms. The molecule has 0 aliphatic rings. The highest BCUT2D eigenvalue weighted by molar-refractivity contribution is 6.31. The number of pyridine rings is 2. The van der Waals surface area contributed by atoms with E-state index in [0.29, 0.717) is 23.6 Å². The minimum absolute atomic E-state index is 0.120. The molecule has 136 valence electrons. The Morgan fingerprint density at radius 3 is 2.89 bits per heavy atom. The summed E-state index contributed by atoms with van der Waals surface area (Å²) in [6, 6.07) is 11.5. The Balaban J connectivity index is 1.74. The van der Waals surface area contributed by atoms with Crippen LogP contribution in [-0.4, -0.2) is 22.4 Å². The van der Waals surface area contributed by atoms with Gasteiger partial charge in [-0.3, -0.25) is 14.8 Å². The van der Waals surface area contributed by atoms with Crippen molar-refractivity contribution >= 4 is 28.4 Å². The van der Waals surface area contributed by atoms with E-state index in [9.17, 15) is 4.79 Å². The molecule has 2 heterocycles. The fraction of sp³-hybridized carbons (Fsp3) is 0.136. The van der Waals surface area contributed by atoms with Gasteiger partial charge in [-0.25, -0.2) is 0 Å². The largest absolute Gasteiger partial charge is 0.348 e. The lowest BCUT2D eigenvalue weighted by Gasteiger charge is -2.08. The maximum atomic E-state index is 12.4. The Morgan fingerprint density at radius 2 is 2.07 bits per heavy atom. The normalized spacial score (nSPS) is 11.4. The van der Waals surface area contributed by atoms with E-state index in [1.807, 2.05) is 43.3 Å². The van der Waals surface area contributed by atoms with Crippen molar-refractivity contribution in [2.24, 2.45) is 0 Å². The summed E-state index contributed by atoms with van der Waals surface area (Å²) in [5, 5.41) is 4.49. The molecule has 0 aliphatic heterocycles. The van der Waals surface area contributed by atoms with Crippen molar-refractivity contribution in [1.29, 1.82) is 0 Å². The lowest BCUT2D eigenvalue weighted by molar-refractivity contribution is 0.0956. The summed E-state index contributed by atoms with van der Waals surface area (Å²) in [5.41, 5.74) is 4.44. The van der Waals surface area contributed by atoms with E-state index in [1.54, 1.807) is 24.5 Å². The number of halogens is 1. The second-order valence-corrected chi connectivity index (χ2v) is 6.76. The molecule has 3 aromatic rings. The summed E-state index contributed by atoms with van der Waals surface area (Å²) < 4.78 is 0. The van der Waals surface area contributed by atoms with Crippen molar-refractivity contribution in [1.82, 2.24) is 15.3 Å². The van der Waals surface area contributed by atoms with Crippen LogP contribution in [0.2, 0.25) is 5.02 Å². The van der Waals surface area contributed by atoms with Crippen molar-refractivity contribution in [2.75, 3.05) is 6.54 Å². The number of rotatable bonds is 6. The number of allylic oxidation sites excluding steroid dienone is 2. The number of nitrogens with zero attached hydrogens (tertiary/aromatic N) is 2.